The van der Waals surface area contributed by atoms with Crippen molar-refractivity contribution in [2.75, 3.05) is 20.3 Å². The summed E-state index contributed by atoms with van der Waals surface area (Å²) < 4.78 is 12.0. The van der Waals surface area contributed by atoms with E-state index in [0.717, 1.165) is 25.2 Å². The van der Waals surface area contributed by atoms with Gasteiger partial charge in [-0.3, -0.25) is 9.58 Å². The first kappa shape index (κ1) is 16.1. The van der Waals surface area contributed by atoms with Gasteiger partial charge in [0.15, 0.2) is 5.82 Å². The van der Waals surface area contributed by atoms with Crippen LogP contribution in [0.1, 0.15) is 35.6 Å². The van der Waals surface area contributed by atoms with E-state index in [9.17, 15) is 5.11 Å². The molecule has 1 aliphatic rings. The Kier molecular flexibility index (Phi) is 5.01. The third-order valence-electron chi connectivity index (χ3n) is 3.77. The van der Waals surface area contributed by atoms with Crippen LogP contribution in [0, 0.1) is 0 Å². The molecule has 3 heterocycles. The molecule has 0 spiro atoms. The van der Waals surface area contributed by atoms with Gasteiger partial charge in [-0.25, -0.2) is 0 Å². The predicted molar refractivity (Wildman–Crippen MR) is 78.0 cm³/mol. The van der Waals surface area contributed by atoms with Gasteiger partial charge in [0, 0.05) is 26.7 Å². The minimum Gasteiger partial charge on any atom is -0.393 e. The molecule has 2 N–H and O–H groups in total. The van der Waals surface area contributed by atoms with Crippen molar-refractivity contribution < 1.29 is 19.5 Å². The molecule has 9 heteroatoms. The van der Waals surface area contributed by atoms with E-state index >= 15 is 0 Å². The summed E-state index contributed by atoms with van der Waals surface area (Å²) in [5.41, 5.74) is 1.51. The van der Waals surface area contributed by atoms with E-state index in [2.05, 4.69) is 20.1 Å². The summed E-state index contributed by atoms with van der Waals surface area (Å²) >= 11 is 0. The van der Waals surface area contributed by atoms with Gasteiger partial charge in [0.2, 0.25) is 0 Å². The zero-order valence-corrected chi connectivity index (χ0v) is 13.1. The van der Waals surface area contributed by atoms with Gasteiger partial charge in [-0.1, -0.05) is 5.16 Å². The van der Waals surface area contributed by atoms with Crippen LogP contribution < -0.4 is 0 Å². The maximum absolute atomic E-state index is 9.72. The number of hydrogen-bond donors (Lipinski definition) is 2. The fraction of sp³-hybridized carbons (Fsp3) is 0.643. The summed E-state index contributed by atoms with van der Waals surface area (Å²) in [6.07, 6.45) is 0.00300. The first-order valence-electron chi connectivity index (χ1n) is 7.58. The van der Waals surface area contributed by atoms with Crippen LogP contribution in [-0.4, -0.2) is 55.3 Å². The second kappa shape index (κ2) is 7.18. The standard InChI is InChI=1S/C14H21N5O4/c1-22-9-14-15-13(17-23-14)7-18-3-2-4-19-10(6-18)5-11(16-19)12(21)8-20/h5,12,20-21H,2-4,6-9H2,1H3. The molecule has 9 nitrogen and oxygen atoms in total. The Balaban J connectivity index is 1.68. The van der Waals surface area contributed by atoms with Crippen molar-refractivity contribution >= 4 is 0 Å². The van der Waals surface area contributed by atoms with Crippen molar-refractivity contribution in [1.82, 2.24) is 24.8 Å². The average molecular weight is 323 g/mol. The number of fused-ring (bicyclic) bond motifs is 1. The van der Waals surface area contributed by atoms with E-state index in [1.165, 1.54) is 0 Å². The smallest absolute Gasteiger partial charge is 0.252 e. The van der Waals surface area contributed by atoms with Crippen molar-refractivity contribution in [2.45, 2.75) is 38.8 Å². The van der Waals surface area contributed by atoms with Crippen molar-refractivity contribution in [1.29, 1.82) is 0 Å². The number of methoxy groups -OCH3 is 1. The summed E-state index contributed by atoms with van der Waals surface area (Å²) in [7, 11) is 1.58. The Labute approximate surface area is 133 Å². The zero-order chi connectivity index (χ0) is 16.2. The van der Waals surface area contributed by atoms with Crippen molar-refractivity contribution in [3.8, 4) is 0 Å². The number of aliphatic hydroxyl groups excluding tert-OH is 2. The molecule has 0 amide bonds. The second-order valence-corrected chi connectivity index (χ2v) is 5.58. The molecule has 126 valence electrons. The lowest BCUT2D eigenvalue weighted by Gasteiger charge is -2.16. The number of aryl methyl sites for hydroxylation is 1. The summed E-state index contributed by atoms with van der Waals surface area (Å²) in [6.45, 7) is 2.92. The van der Waals surface area contributed by atoms with Gasteiger partial charge < -0.3 is 19.5 Å². The second-order valence-electron chi connectivity index (χ2n) is 5.58. The maximum Gasteiger partial charge on any atom is 0.252 e. The van der Waals surface area contributed by atoms with Gasteiger partial charge in [0.25, 0.3) is 5.89 Å². The zero-order valence-electron chi connectivity index (χ0n) is 13.1. The molecule has 2 aromatic rings. The van der Waals surface area contributed by atoms with Gasteiger partial charge >= 0.3 is 0 Å². The Morgan fingerprint density at radius 2 is 2.30 bits per heavy atom. The predicted octanol–water partition coefficient (Wildman–Crippen LogP) is -0.156. The van der Waals surface area contributed by atoms with Crippen LogP contribution in [0.5, 0.6) is 0 Å². The van der Waals surface area contributed by atoms with E-state index in [1.54, 1.807) is 7.11 Å². The molecule has 0 aromatic carbocycles. The van der Waals surface area contributed by atoms with Crippen LogP contribution in [-0.2, 0) is 31.0 Å². The van der Waals surface area contributed by atoms with Crippen LogP contribution in [0.15, 0.2) is 10.6 Å². The lowest BCUT2D eigenvalue weighted by atomic mass is 10.2. The van der Waals surface area contributed by atoms with E-state index in [1.807, 2.05) is 10.7 Å². The Morgan fingerprint density at radius 1 is 1.43 bits per heavy atom. The molecule has 1 atom stereocenters. The molecule has 2 aromatic heterocycles. The molecular formula is C14H21N5O4. The van der Waals surface area contributed by atoms with Crippen LogP contribution in [0.4, 0.5) is 0 Å². The molecule has 3 rings (SSSR count). The average Bonchev–Trinajstić information content (AvgIpc) is 3.10. The van der Waals surface area contributed by atoms with Gasteiger partial charge in [-0.05, 0) is 12.5 Å². The molecule has 1 aliphatic heterocycles. The lowest BCUT2D eigenvalue weighted by molar-refractivity contribution is 0.0916. The number of ether oxygens (including phenoxy) is 1. The number of aliphatic hydroxyl groups is 2. The Morgan fingerprint density at radius 3 is 3.09 bits per heavy atom. The third-order valence-corrected chi connectivity index (χ3v) is 3.77. The van der Waals surface area contributed by atoms with E-state index in [0.29, 0.717) is 37.1 Å². The van der Waals surface area contributed by atoms with Gasteiger partial charge in [0.1, 0.15) is 12.7 Å². The van der Waals surface area contributed by atoms with Crippen LogP contribution >= 0.6 is 0 Å². The normalized spacial score (nSPS) is 17.0. The fourth-order valence-electron chi connectivity index (χ4n) is 2.68. The molecule has 0 aliphatic carbocycles. The van der Waals surface area contributed by atoms with E-state index < -0.39 is 6.10 Å². The van der Waals surface area contributed by atoms with E-state index in [4.69, 9.17) is 14.4 Å². The number of nitrogens with zero attached hydrogens (tertiary/aromatic N) is 5. The Bertz CT molecular complexity index is 641. The van der Waals surface area contributed by atoms with E-state index in [-0.39, 0.29) is 6.61 Å². The highest BCUT2D eigenvalue weighted by Crippen LogP contribution is 2.19. The van der Waals surface area contributed by atoms with Crippen LogP contribution in [0.25, 0.3) is 0 Å². The largest absolute Gasteiger partial charge is 0.393 e. The first-order chi connectivity index (χ1) is 11.2. The highest BCUT2D eigenvalue weighted by Gasteiger charge is 2.20. The molecule has 0 fully saturated rings. The lowest BCUT2D eigenvalue weighted by Crippen LogP contribution is -2.23. The number of rotatable bonds is 6. The molecule has 0 bridgehead atoms. The minimum atomic E-state index is -0.934. The van der Waals surface area contributed by atoms with Crippen molar-refractivity contribution in [3.05, 3.63) is 29.2 Å². The maximum atomic E-state index is 9.72. The fourth-order valence-corrected chi connectivity index (χ4v) is 2.68. The first-order valence-corrected chi connectivity index (χ1v) is 7.58. The van der Waals surface area contributed by atoms with Gasteiger partial charge in [-0.15, -0.1) is 0 Å². The van der Waals surface area contributed by atoms with Crippen LogP contribution in [0.3, 0.4) is 0 Å². The number of aromatic nitrogens is 4. The summed E-state index contributed by atoms with van der Waals surface area (Å²) in [4.78, 5) is 6.49. The summed E-state index contributed by atoms with van der Waals surface area (Å²) in [5, 5.41) is 27.1. The number of hydrogen-bond acceptors (Lipinski definition) is 8. The highest BCUT2D eigenvalue weighted by molar-refractivity contribution is 5.13. The molecular weight excluding hydrogens is 302 g/mol. The summed E-state index contributed by atoms with van der Waals surface area (Å²) in [5.74, 6) is 1.09. The SMILES string of the molecule is COCc1nc(CN2CCCn3nc(C(O)CO)cc3C2)no1. The quantitative estimate of drug-likeness (QED) is 0.755. The monoisotopic (exact) mass is 323 g/mol. The molecule has 1 unspecified atom stereocenters. The molecule has 0 saturated carbocycles. The minimum absolute atomic E-state index is 0.308. The van der Waals surface area contributed by atoms with Crippen LogP contribution in [0.2, 0.25) is 0 Å². The molecule has 0 saturated heterocycles. The summed E-state index contributed by atoms with van der Waals surface area (Å²) in [6, 6.07) is 1.84. The topological polar surface area (TPSA) is 110 Å². The van der Waals surface area contributed by atoms with Crippen molar-refractivity contribution in [2.24, 2.45) is 0 Å². The highest BCUT2D eigenvalue weighted by atomic mass is 16.5. The van der Waals surface area contributed by atoms with Crippen molar-refractivity contribution in [3.63, 3.8) is 0 Å². The third kappa shape index (κ3) is 3.75. The molecule has 0 radical (unpaired) electrons. The van der Waals surface area contributed by atoms with Gasteiger partial charge in [-0.2, -0.15) is 10.1 Å². The van der Waals surface area contributed by atoms with Gasteiger partial charge in [0.05, 0.1) is 24.5 Å². The Hall–Kier alpha value is -1.81. The molecule has 23 heavy (non-hydrogen) atoms.